The van der Waals surface area contributed by atoms with Crippen LogP contribution < -0.4 is 0 Å². The first-order chi connectivity index (χ1) is 4.33. The second kappa shape index (κ2) is 3.74. The molecule has 0 aromatic carbocycles. The first kappa shape index (κ1) is 7.76. The Labute approximate surface area is 66.2 Å². The Hall–Kier alpha value is 0.660. The fourth-order valence-electron chi connectivity index (χ4n) is 1.14. The van der Waals surface area contributed by atoms with Crippen LogP contribution in [0.25, 0.3) is 0 Å². The summed E-state index contributed by atoms with van der Waals surface area (Å²) in [7, 11) is 1.73. The molecule has 1 nitrogen and oxygen atoms in total. The second-order valence-electron chi connectivity index (χ2n) is 2.35. The molecule has 0 N–H and O–H groups in total. The van der Waals surface area contributed by atoms with Crippen LogP contribution in [0.2, 0.25) is 0 Å². The smallest absolute Gasteiger partial charge is 0.0503 e. The predicted molar refractivity (Wildman–Crippen MR) is 45.0 cm³/mol. The Morgan fingerprint density at radius 1 is 1.56 bits per heavy atom. The monoisotopic (exact) mass is 164 g/mol. The van der Waals surface area contributed by atoms with Crippen LogP contribution in [0.1, 0.15) is 19.3 Å². The van der Waals surface area contributed by atoms with E-state index in [9.17, 15) is 0 Å². The lowest BCUT2D eigenvalue weighted by atomic mass is 10.4. The highest BCUT2D eigenvalue weighted by atomic mass is 32.2. The van der Waals surface area contributed by atoms with Crippen molar-refractivity contribution in [2.75, 3.05) is 7.11 Å². The molecule has 0 heterocycles. The normalized spacial score (nSPS) is 35.3. The maximum Gasteiger partial charge on any atom is 0.0503 e. The zero-order valence-electron chi connectivity index (χ0n) is 5.54. The second-order valence-corrected chi connectivity index (χ2v) is 4.27. The van der Waals surface area contributed by atoms with Crippen molar-refractivity contribution in [3.8, 4) is 0 Å². The summed E-state index contributed by atoms with van der Waals surface area (Å²) in [6, 6.07) is 0. The molecule has 0 aromatic rings. The van der Waals surface area contributed by atoms with Crippen molar-refractivity contribution in [1.29, 1.82) is 0 Å². The van der Waals surface area contributed by atoms with Crippen molar-refractivity contribution in [1.82, 2.24) is 0 Å². The summed E-state index contributed by atoms with van der Waals surface area (Å²) in [4.78, 5) is 0. The van der Waals surface area contributed by atoms with Crippen molar-refractivity contribution in [2.24, 2.45) is 0 Å². The zero-order valence-corrected chi connectivity index (χ0v) is 7.25. The minimum atomic E-state index is 0.623. The fourth-order valence-corrected chi connectivity index (χ4v) is 2.50. The van der Waals surface area contributed by atoms with Gasteiger partial charge in [0.1, 0.15) is 0 Å². The van der Waals surface area contributed by atoms with E-state index in [1.165, 1.54) is 19.3 Å². The Balaban J connectivity index is 2.14. The van der Waals surface area contributed by atoms with Gasteiger partial charge in [0.2, 0.25) is 0 Å². The van der Waals surface area contributed by atoms with Crippen LogP contribution in [-0.2, 0) is 4.18 Å². The molecule has 1 fully saturated rings. The molecule has 1 saturated carbocycles. The molecule has 0 saturated heterocycles. The SMILES string of the molecule is COSC1CCC(S)C1. The zero-order chi connectivity index (χ0) is 6.69. The molecule has 1 rings (SSSR count). The van der Waals surface area contributed by atoms with Crippen molar-refractivity contribution in [3.63, 3.8) is 0 Å². The average Bonchev–Trinajstić information content (AvgIpc) is 2.17. The minimum Gasteiger partial charge on any atom is -0.318 e. The van der Waals surface area contributed by atoms with E-state index >= 15 is 0 Å². The molecule has 1 aliphatic carbocycles. The number of hydrogen-bond donors (Lipinski definition) is 1. The van der Waals surface area contributed by atoms with Crippen LogP contribution in [0.15, 0.2) is 0 Å². The number of rotatable bonds is 2. The molecule has 9 heavy (non-hydrogen) atoms. The van der Waals surface area contributed by atoms with E-state index in [0.29, 0.717) is 10.5 Å². The molecule has 54 valence electrons. The Morgan fingerprint density at radius 3 is 2.78 bits per heavy atom. The lowest BCUT2D eigenvalue weighted by Crippen LogP contribution is -1.96. The molecule has 2 atom stereocenters. The lowest BCUT2D eigenvalue weighted by Gasteiger charge is -2.03. The Morgan fingerprint density at radius 2 is 2.33 bits per heavy atom. The van der Waals surface area contributed by atoms with Crippen LogP contribution in [0.4, 0.5) is 0 Å². The van der Waals surface area contributed by atoms with Crippen molar-refractivity contribution in [2.45, 2.75) is 29.8 Å². The van der Waals surface area contributed by atoms with Gasteiger partial charge in [0, 0.05) is 10.5 Å². The molecule has 0 amide bonds. The fraction of sp³-hybridized carbons (Fsp3) is 1.00. The summed E-state index contributed by atoms with van der Waals surface area (Å²) in [5.41, 5.74) is 0. The van der Waals surface area contributed by atoms with E-state index in [1.807, 2.05) is 0 Å². The van der Waals surface area contributed by atoms with E-state index in [2.05, 4.69) is 12.6 Å². The number of thiol groups is 1. The summed E-state index contributed by atoms with van der Waals surface area (Å²) >= 11 is 5.97. The van der Waals surface area contributed by atoms with E-state index in [4.69, 9.17) is 4.18 Å². The predicted octanol–water partition coefficient (Wildman–Crippen LogP) is 2.13. The molecule has 0 bridgehead atoms. The minimum absolute atomic E-state index is 0.623. The van der Waals surface area contributed by atoms with Gasteiger partial charge in [0.25, 0.3) is 0 Å². The summed E-state index contributed by atoms with van der Waals surface area (Å²) < 4.78 is 4.96. The number of hydrogen-bond acceptors (Lipinski definition) is 3. The van der Waals surface area contributed by atoms with E-state index in [0.717, 1.165) is 0 Å². The van der Waals surface area contributed by atoms with Gasteiger partial charge in [-0.3, -0.25) is 0 Å². The third-order valence-corrected chi connectivity index (χ3v) is 2.95. The molecule has 0 aliphatic heterocycles. The van der Waals surface area contributed by atoms with Gasteiger partial charge in [-0.1, -0.05) is 0 Å². The highest BCUT2D eigenvalue weighted by Gasteiger charge is 2.22. The van der Waals surface area contributed by atoms with Gasteiger partial charge in [-0.05, 0) is 31.3 Å². The summed E-state index contributed by atoms with van der Waals surface area (Å²) in [5.74, 6) is 0. The van der Waals surface area contributed by atoms with Gasteiger partial charge < -0.3 is 4.18 Å². The van der Waals surface area contributed by atoms with Gasteiger partial charge in [-0.2, -0.15) is 12.6 Å². The van der Waals surface area contributed by atoms with E-state index in [1.54, 1.807) is 19.2 Å². The molecular formula is C6H12OS2. The Bertz CT molecular complexity index is 85.1. The third kappa shape index (κ3) is 2.40. The topological polar surface area (TPSA) is 9.23 Å². The average molecular weight is 164 g/mol. The first-order valence-corrected chi connectivity index (χ1v) is 4.52. The maximum absolute atomic E-state index is 4.96. The van der Waals surface area contributed by atoms with E-state index < -0.39 is 0 Å². The van der Waals surface area contributed by atoms with Gasteiger partial charge in [0.15, 0.2) is 0 Å². The van der Waals surface area contributed by atoms with Gasteiger partial charge >= 0.3 is 0 Å². The van der Waals surface area contributed by atoms with Crippen molar-refractivity contribution < 1.29 is 4.18 Å². The largest absolute Gasteiger partial charge is 0.318 e. The highest BCUT2D eigenvalue weighted by molar-refractivity contribution is 7.95. The summed E-state index contributed by atoms with van der Waals surface area (Å²) in [6.07, 6.45) is 3.73. The van der Waals surface area contributed by atoms with Gasteiger partial charge in [0.05, 0.1) is 7.11 Å². The van der Waals surface area contributed by atoms with Crippen LogP contribution in [-0.4, -0.2) is 17.6 Å². The molecule has 1 aliphatic rings. The van der Waals surface area contributed by atoms with E-state index in [-0.39, 0.29) is 0 Å². The molecule has 0 aromatic heterocycles. The molecule has 0 spiro atoms. The molecular weight excluding hydrogens is 152 g/mol. The molecule has 3 heteroatoms. The summed E-state index contributed by atoms with van der Waals surface area (Å²) in [6.45, 7) is 0. The standard InChI is InChI=1S/C6H12OS2/c1-7-9-6-3-2-5(8)4-6/h5-6,8H,2-4H2,1H3. The van der Waals surface area contributed by atoms with Crippen molar-refractivity contribution in [3.05, 3.63) is 0 Å². The van der Waals surface area contributed by atoms with Crippen LogP contribution in [0, 0.1) is 0 Å². The highest BCUT2D eigenvalue weighted by Crippen LogP contribution is 2.32. The van der Waals surface area contributed by atoms with Crippen molar-refractivity contribution >= 4 is 24.7 Å². The molecule has 0 radical (unpaired) electrons. The third-order valence-electron chi connectivity index (χ3n) is 1.59. The van der Waals surface area contributed by atoms with Gasteiger partial charge in [-0.25, -0.2) is 0 Å². The lowest BCUT2D eigenvalue weighted by molar-refractivity contribution is 0.483. The first-order valence-electron chi connectivity index (χ1n) is 3.20. The van der Waals surface area contributed by atoms with Crippen LogP contribution >= 0.6 is 24.7 Å². The van der Waals surface area contributed by atoms with Gasteiger partial charge in [-0.15, -0.1) is 0 Å². The van der Waals surface area contributed by atoms with Crippen LogP contribution in [0.3, 0.4) is 0 Å². The Kier molecular flexibility index (Phi) is 3.22. The maximum atomic E-state index is 4.96. The quantitative estimate of drug-likeness (QED) is 0.494. The summed E-state index contributed by atoms with van der Waals surface area (Å²) in [5, 5.41) is 1.33. The molecule has 2 unspecified atom stereocenters. The van der Waals surface area contributed by atoms with Crippen LogP contribution in [0.5, 0.6) is 0 Å².